The Morgan fingerprint density at radius 2 is 2.10 bits per heavy atom. The van der Waals surface area contributed by atoms with Crippen molar-refractivity contribution in [2.75, 3.05) is 0 Å². The zero-order valence-electron chi connectivity index (χ0n) is 10.8. The van der Waals surface area contributed by atoms with E-state index in [-0.39, 0.29) is 5.56 Å². The van der Waals surface area contributed by atoms with Gasteiger partial charge in [0.25, 0.3) is 0 Å². The molecule has 3 aromatic rings. The molecule has 2 N–H and O–H groups in total. The third-order valence-corrected chi connectivity index (χ3v) is 3.95. The van der Waals surface area contributed by atoms with Crippen LogP contribution < -0.4 is 0 Å². The molecule has 1 heterocycles. The fraction of sp³-hybridized carbons (Fsp3) is 0.0667. The van der Waals surface area contributed by atoms with Crippen LogP contribution in [-0.4, -0.2) is 21.0 Å². The number of halogens is 1. The predicted octanol–water partition coefficient (Wildman–Crippen LogP) is 3.69. The number of rotatable bonds is 4. The number of imidazole rings is 1. The maximum absolute atomic E-state index is 13.8. The molecule has 2 aromatic carbocycles. The Bertz CT molecular complexity index is 783. The fourth-order valence-corrected chi connectivity index (χ4v) is 2.81. The van der Waals surface area contributed by atoms with Crippen LogP contribution in [0.3, 0.4) is 0 Å². The van der Waals surface area contributed by atoms with E-state index >= 15 is 0 Å². The van der Waals surface area contributed by atoms with Crippen molar-refractivity contribution in [2.45, 2.75) is 10.9 Å². The second kappa shape index (κ2) is 5.57. The first-order chi connectivity index (χ1) is 10.1. The number of thioether (sulfide) groups is 1. The quantitative estimate of drug-likeness (QED) is 0.721. The number of carbonyl (C=O) groups is 1. The Kier molecular flexibility index (Phi) is 3.62. The smallest absolute Gasteiger partial charge is 0.335 e. The van der Waals surface area contributed by atoms with Crippen LogP contribution >= 0.6 is 11.8 Å². The maximum Gasteiger partial charge on any atom is 0.335 e. The molecular formula is C15H11FN2O2S. The van der Waals surface area contributed by atoms with E-state index in [1.165, 1.54) is 23.9 Å². The summed E-state index contributed by atoms with van der Waals surface area (Å²) in [6.07, 6.45) is 0. The van der Waals surface area contributed by atoms with Crippen LogP contribution in [0.5, 0.6) is 0 Å². The number of aromatic nitrogens is 2. The average molecular weight is 302 g/mol. The number of benzene rings is 2. The standard InChI is InChI=1S/C15H11FN2O2S/c16-11-7-9(14(19)20)5-6-10(11)8-21-15-17-12-3-1-2-4-13(12)18-15/h1-7H,8H2,(H,17,18)(H,19,20). The highest BCUT2D eigenvalue weighted by Crippen LogP contribution is 2.24. The van der Waals surface area contributed by atoms with E-state index in [0.717, 1.165) is 17.1 Å². The van der Waals surface area contributed by atoms with Gasteiger partial charge in [-0.3, -0.25) is 0 Å². The van der Waals surface area contributed by atoms with Gasteiger partial charge in [0.05, 0.1) is 16.6 Å². The van der Waals surface area contributed by atoms with Crippen molar-refractivity contribution in [3.63, 3.8) is 0 Å². The number of nitrogens with zero attached hydrogens (tertiary/aromatic N) is 1. The van der Waals surface area contributed by atoms with Crippen molar-refractivity contribution in [3.8, 4) is 0 Å². The largest absolute Gasteiger partial charge is 0.478 e. The van der Waals surface area contributed by atoms with E-state index < -0.39 is 11.8 Å². The summed E-state index contributed by atoms with van der Waals surface area (Å²) in [5, 5.41) is 9.51. The molecule has 1 aromatic heterocycles. The minimum Gasteiger partial charge on any atom is -0.478 e. The first-order valence-corrected chi connectivity index (χ1v) is 7.21. The van der Waals surface area contributed by atoms with Gasteiger partial charge in [-0.1, -0.05) is 30.0 Å². The van der Waals surface area contributed by atoms with Crippen molar-refractivity contribution < 1.29 is 14.3 Å². The summed E-state index contributed by atoms with van der Waals surface area (Å²) in [5.41, 5.74) is 2.19. The molecule has 6 heteroatoms. The third-order valence-electron chi connectivity index (χ3n) is 3.03. The van der Waals surface area contributed by atoms with E-state index in [9.17, 15) is 9.18 Å². The van der Waals surface area contributed by atoms with Crippen molar-refractivity contribution in [3.05, 3.63) is 59.4 Å². The number of nitrogens with one attached hydrogen (secondary N) is 1. The monoisotopic (exact) mass is 302 g/mol. The topological polar surface area (TPSA) is 66.0 Å². The molecule has 0 spiro atoms. The summed E-state index contributed by atoms with van der Waals surface area (Å²) in [4.78, 5) is 18.3. The number of H-pyrrole nitrogens is 1. The molecule has 0 unspecified atom stereocenters. The third kappa shape index (κ3) is 2.90. The summed E-state index contributed by atoms with van der Waals surface area (Å²) in [6, 6.07) is 11.6. The van der Waals surface area contributed by atoms with Gasteiger partial charge in [-0.15, -0.1) is 0 Å². The van der Waals surface area contributed by atoms with Crippen LogP contribution in [0.25, 0.3) is 11.0 Å². The number of carboxylic acids is 1. The Hall–Kier alpha value is -2.34. The van der Waals surface area contributed by atoms with Crippen molar-refractivity contribution in [2.24, 2.45) is 0 Å². The highest BCUT2D eigenvalue weighted by molar-refractivity contribution is 7.98. The molecule has 0 amide bonds. The second-order valence-corrected chi connectivity index (χ2v) is 5.42. The zero-order valence-corrected chi connectivity index (χ0v) is 11.7. The first-order valence-electron chi connectivity index (χ1n) is 6.23. The molecule has 0 radical (unpaired) electrons. The normalized spacial score (nSPS) is 10.9. The lowest BCUT2D eigenvalue weighted by molar-refractivity contribution is 0.0696. The molecule has 0 bridgehead atoms. The zero-order chi connectivity index (χ0) is 14.8. The lowest BCUT2D eigenvalue weighted by atomic mass is 10.1. The van der Waals surface area contributed by atoms with Gasteiger partial charge in [0.2, 0.25) is 0 Å². The summed E-state index contributed by atoms with van der Waals surface area (Å²) in [6.45, 7) is 0. The van der Waals surface area contributed by atoms with E-state index in [1.54, 1.807) is 0 Å². The van der Waals surface area contributed by atoms with Gasteiger partial charge in [0, 0.05) is 5.75 Å². The molecule has 4 nitrogen and oxygen atoms in total. The number of fused-ring (bicyclic) bond motifs is 1. The van der Waals surface area contributed by atoms with Gasteiger partial charge in [-0.25, -0.2) is 14.2 Å². The average Bonchev–Trinajstić information content (AvgIpc) is 2.88. The minimum atomic E-state index is -1.13. The van der Waals surface area contributed by atoms with Crippen LogP contribution in [0.2, 0.25) is 0 Å². The summed E-state index contributed by atoms with van der Waals surface area (Å²) in [5.74, 6) is -1.27. The Balaban J connectivity index is 1.76. The van der Waals surface area contributed by atoms with Gasteiger partial charge in [-0.05, 0) is 29.8 Å². The van der Waals surface area contributed by atoms with Crippen LogP contribution in [0.1, 0.15) is 15.9 Å². The lowest BCUT2D eigenvalue weighted by Crippen LogP contribution is -1.98. The van der Waals surface area contributed by atoms with E-state index in [0.29, 0.717) is 16.5 Å². The van der Waals surface area contributed by atoms with Crippen LogP contribution in [-0.2, 0) is 5.75 Å². The van der Waals surface area contributed by atoms with Gasteiger partial charge in [0.1, 0.15) is 5.82 Å². The Morgan fingerprint density at radius 1 is 1.29 bits per heavy atom. The number of hydrogen-bond donors (Lipinski definition) is 2. The highest BCUT2D eigenvalue weighted by atomic mass is 32.2. The SMILES string of the molecule is O=C(O)c1ccc(CSc2nc3ccccc3[nH]2)c(F)c1. The molecule has 0 aliphatic heterocycles. The van der Waals surface area contributed by atoms with Crippen LogP contribution in [0.15, 0.2) is 47.6 Å². The Morgan fingerprint density at radius 3 is 2.81 bits per heavy atom. The molecular weight excluding hydrogens is 291 g/mol. The Labute approximate surface area is 124 Å². The summed E-state index contributed by atoms with van der Waals surface area (Å²) in [7, 11) is 0. The summed E-state index contributed by atoms with van der Waals surface area (Å²) >= 11 is 1.37. The predicted molar refractivity (Wildman–Crippen MR) is 79.0 cm³/mol. The van der Waals surface area contributed by atoms with Crippen molar-refractivity contribution >= 4 is 28.8 Å². The summed E-state index contributed by atoms with van der Waals surface area (Å²) < 4.78 is 13.8. The number of carboxylic acid groups (broad SMARTS) is 1. The fourth-order valence-electron chi connectivity index (χ4n) is 1.94. The van der Waals surface area contributed by atoms with E-state index in [4.69, 9.17) is 5.11 Å². The van der Waals surface area contributed by atoms with Crippen molar-refractivity contribution in [1.29, 1.82) is 0 Å². The van der Waals surface area contributed by atoms with Gasteiger partial charge >= 0.3 is 5.97 Å². The van der Waals surface area contributed by atoms with Gasteiger partial charge in [0.15, 0.2) is 5.16 Å². The van der Waals surface area contributed by atoms with Gasteiger partial charge < -0.3 is 10.1 Å². The molecule has 0 fully saturated rings. The molecule has 21 heavy (non-hydrogen) atoms. The number of aromatic carboxylic acids is 1. The second-order valence-electron chi connectivity index (χ2n) is 4.46. The molecule has 0 aliphatic carbocycles. The molecule has 106 valence electrons. The molecule has 0 atom stereocenters. The van der Waals surface area contributed by atoms with E-state index in [2.05, 4.69) is 9.97 Å². The molecule has 0 saturated carbocycles. The first kappa shape index (κ1) is 13.6. The van der Waals surface area contributed by atoms with Gasteiger partial charge in [-0.2, -0.15) is 0 Å². The lowest BCUT2D eigenvalue weighted by Gasteiger charge is -2.02. The maximum atomic E-state index is 13.8. The number of para-hydroxylation sites is 2. The van der Waals surface area contributed by atoms with E-state index in [1.807, 2.05) is 24.3 Å². The van der Waals surface area contributed by atoms with Crippen LogP contribution in [0.4, 0.5) is 4.39 Å². The molecule has 0 aliphatic rings. The van der Waals surface area contributed by atoms with Crippen LogP contribution in [0, 0.1) is 5.82 Å². The molecule has 3 rings (SSSR count). The highest BCUT2D eigenvalue weighted by Gasteiger charge is 2.10. The number of hydrogen-bond acceptors (Lipinski definition) is 3. The molecule has 0 saturated heterocycles. The minimum absolute atomic E-state index is 0.0509. The number of aromatic amines is 1. The van der Waals surface area contributed by atoms with Crippen molar-refractivity contribution in [1.82, 2.24) is 9.97 Å².